The maximum absolute atomic E-state index is 5.72. The summed E-state index contributed by atoms with van der Waals surface area (Å²) in [5, 5.41) is 0.957. The van der Waals surface area contributed by atoms with Gasteiger partial charge in [0.25, 0.3) is 0 Å². The van der Waals surface area contributed by atoms with Crippen LogP contribution in [-0.2, 0) is 4.74 Å². The molecule has 0 N–H and O–H groups in total. The van der Waals surface area contributed by atoms with Crippen LogP contribution >= 0.6 is 23.1 Å². The molecule has 0 spiro atoms. The fourth-order valence-corrected chi connectivity index (χ4v) is 2.04. The number of rotatable bonds is 2. The number of nitrogens with zero attached hydrogens (tertiary/aromatic N) is 3. The molecule has 2 heterocycles. The molecule has 0 radical (unpaired) electrons. The maximum atomic E-state index is 5.72. The topological polar surface area (TPSA) is 38.2 Å². The van der Waals surface area contributed by atoms with Gasteiger partial charge in [-0.15, -0.1) is 11.6 Å². The Labute approximate surface area is 85.6 Å². The van der Waals surface area contributed by atoms with Crippen LogP contribution in [0.2, 0.25) is 0 Å². The van der Waals surface area contributed by atoms with Gasteiger partial charge in [-0.25, -0.2) is 4.98 Å². The molecule has 1 saturated heterocycles. The molecule has 0 aliphatic carbocycles. The lowest BCUT2D eigenvalue weighted by molar-refractivity contribution is 0.0554. The Morgan fingerprint density at radius 3 is 3.38 bits per heavy atom. The zero-order valence-electron chi connectivity index (χ0n) is 7.02. The average molecular weight is 220 g/mol. The fraction of sp³-hybridized carbons (Fsp3) is 0.714. The molecule has 0 amide bonds. The highest BCUT2D eigenvalue weighted by Crippen LogP contribution is 2.18. The second-order valence-corrected chi connectivity index (χ2v) is 3.88. The van der Waals surface area contributed by atoms with Gasteiger partial charge in [-0.05, 0) is 0 Å². The van der Waals surface area contributed by atoms with Crippen molar-refractivity contribution in [2.24, 2.45) is 0 Å². The largest absolute Gasteiger partial charge is 0.373 e. The van der Waals surface area contributed by atoms with Crippen molar-refractivity contribution in [1.82, 2.24) is 9.36 Å². The van der Waals surface area contributed by atoms with E-state index in [-0.39, 0.29) is 6.10 Å². The lowest BCUT2D eigenvalue weighted by atomic mass is 10.3. The van der Waals surface area contributed by atoms with E-state index in [1.165, 1.54) is 11.5 Å². The van der Waals surface area contributed by atoms with Gasteiger partial charge in [-0.1, -0.05) is 0 Å². The second kappa shape index (κ2) is 4.21. The van der Waals surface area contributed by atoms with Gasteiger partial charge >= 0.3 is 0 Å². The van der Waals surface area contributed by atoms with Crippen LogP contribution in [0.5, 0.6) is 0 Å². The van der Waals surface area contributed by atoms with Crippen LogP contribution < -0.4 is 4.90 Å². The van der Waals surface area contributed by atoms with E-state index >= 15 is 0 Å². The summed E-state index contributed by atoms with van der Waals surface area (Å²) >= 11 is 7.13. The van der Waals surface area contributed by atoms with Crippen LogP contribution in [0.4, 0.5) is 5.13 Å². The molecule has 0 saturated carbocycles. The van der Waals surface area contributed by atoms with Crippen molar-refractivity contribution in [2.45, 2.75) is 6.10 Å². The summed E-state index contributed by atoms with van der Waals surface area (Å²) in [4.78, 5) is 6.30. The molecule has 1 aliphatic heterocycles. The van der Waals surface area contributed by atoms with Gasteiger partial charge in [-0.2, -0.15) is 4.37 Å². The predicted octanol–water partition coefficient (Wildman–Crippen LogP) is 0.982. The van der Waals surface area contributed by atoms with Gasteiger partial charge in [-0.3, -0.25) is 0 Å². The zero-order chi connectivity index (χ0) is 9.10. The standard InChI is InChI=1S/C7H10ClN3OS/c8-3-6-4-11(1-2-12-6)7-9-5-10-13-7/h5-6H,1-4H2. The van der Waals surface area contributed by atoms with E-state index in [2.05, 4.69) is 14.3 Å². The fourth-order valence-electron chi connectivity index (χ4n) is 1.29. The summed E-state index contributed by atoms with van der Waals surface area (Å²) in [6.45, 7) is 2.41. The van der Waals surface area contributed by atoms with Crippen LogP contribution in [-0.4, -0.2) is 41.0 Å². The molecular formula is C7H10ClN3OS. The highest BCUT2D eigenvalue weighted by molar-refractivity contribution is 7.09. The molecule has 6 heteroatoms. The number of hydrogen-bond acceptors (Lipinski definition) is 5. The van der Waals surface area contributed by atoms with Crippen molar-refractivity contribution in [1.29, 1.82) is 0 Å². The van der Waals surface area contributed by atoms with Crippen LogP contribution in [0, 0.1) is 0 Å². The van der Waals surface area contributed by atoms with E-state index in [9.17, 15) is 0 Å². The molecule has 1 atom stereocenters. The summed E-state index contributed by atoms with van der Waals surface area (Å²) in [6, 6.07) is 0. The number of hydrogen-bond donors (Lipinski definition) is 0. The van der Waals surface area contributed by atoms with Crippen molar-refractivity contribution in [2.75, 3.05) is 30.5 Å². The normalized spacial score (nSPS) is 23.5. The maximum Gasteiger partial charge on any atom is 0.205 e. The van der Waals surface area contributed by atoms with Gasteiger partial charge < -0.3 is 9.64 Å². The Morgan fingerprint density at radius 2 is 2.69 bits per heavy atom. The van der Waals surface area contributed by atoms with Gasteiger partial charge in [0, 0.05) is 24.6 Å². The van der Waals surface area contributed by atoms with E-state index in [1.807, 2.05) is 0 Å². The minimum Gasteiger partial charge on any atom is -0.373 e. The van der Waals surface area contributed by atoms with Crippen molar-refractivity contribution in [3.63, 3.8) is 0 Å². The highest BCUT2D eigenvalue weighted by atomic mass is 35.5. The molecule has 1 aliphatic rings. The third kappa shape index (κ3) is 2.10. The molecule has 0 aromatic carbocycles. The number of morpholine rings is 1. The molecule has 0 bridgehead atoms. The molecule has 72 valence electrons. The summed E-state index contributed by atoms with van der Waals surface area (Å²) in [5.74, 6) is 0.537. The lowest BCUT2D eigenvalue weighted by Crippen LogP contribution is -2.43. The van der Waals surface area contributed by atoms with Crippen LogP contribution in [0.1, 0.15) is 0 Å². The van der Waals surface area contributed by atoms with Crippen LogP contribution in [0.3, 0.4) is 0 Å². The first-order chi connectivity index (χ1) is 6.40. The Hall–Kier alpha value is -0.390. The van der Waals surface area contributed by atoms with Crippen molar-refractivity contribution >= 4 is 28.3 Å². The molecule has 1 aromatic rings. The SMILES string of the molecule is ClCC1CN(c2ncns2)CCO1. The van der Waals surface area contributed by atoms with E-state index in [1.54, 1.807) is 6.33 Å². The van der Waals surface area contributed by atoms with Crippen molar-refractivity contribution in [3.05, 3.63) is 6.33 Å². The molecule has 4 nitrogen and oxygen atoms in total. The quantitative estimate of drug-likeness (QED) is 0.696. The first kappa shape index (κ1) is 9.18. The smallest absolute Gasteiger partial charge is 0.205 e. The monoisotopic (exact) mass is 219 g/mol. The third-order valence-electron chi connectivity index (χ3n) is 1.93. The minimum absolute atomic E-state index is 0.124. The molecule has 1 unspecified atom stereocenters. The lowest BCUT2D eigenvalue weighted by Gasteiger charge is -2.31. The van der Waals surface area contributed by atoms with Crippen LogP contribution in [0.25, 0.3) is 0 Å². The van der Waals surface area contributed by atoms with Gasteiger partial charge in [0.05, 0.1) is 18.6 Å². The summed E-state index contributed by atoms with van der Waals surface area (Å²) in [5.41, 5.74) is 0. The van der Waals surface area contributed by atoms with E-state index in [0.717, 1.165) is 24.8 Å². The molecular weight excluding hydrogens is 210 g/mol. The first-order valence-corrected chi connectivity index (χ1v) is 5.40. The molecule has 1 aromatic heterocycles. The second-order valence-electron chi connectivity index (χ2n) is 2.82. The molecule has 2 rings (SSSR count). The van der Waals surface area contributed by atoms with Gasteiger partial charge in [0.15, 0.2) is 0 Å². The number of halogens is 1. The van der Waals surface area contributed by atoms with Crippen molar-refractivity contribution in [3.8, 4) is 0 Å². The molecule has 13 heavy (non-hydrogen) atoms. The summed E-state index contributed by atoms with van der Waals surface area (Å²) < 4.78 is 9.40. The van der Waals surface area contributed by atoms with Crippen LogP contribution in [0.15, 0.2) is 6.33 Å². The van der Waals surface area contributed by atoms with E-state index < -0.39 is 0 Å². The van der Waals surface area contributed by atoms with Gasteiger partial charge in [0.2, 0.25) is 5.13 Å². The van der Waals surface area contributed by atoms with E-state index in [4.69, 9.17) is 16.3 Å². The number of alkyl halides is 1. The zero-order valence-corrected chi connectivity index (χ0v) is 8.59. The Kier molecular flexibility index (Phi) is 2.97. The number of aromatic nitrogens is 2. The Morgan fingerprint density at radius 1 is 1.77 bits per heavy atom. The Bertz CT molecular complexity index is 256. The average Bonchev–Trinajstić information content (AvgIpc) is 2.71. The Balaban J connectivity index is 2.00. The van der Waals surface area contributed by atoms with Gasteiger partial charge in [0.1, 0.15) is 6.33 Å². The minimum atomic E-state index is 0.124. The summed E-state index contributed by atoms with van der Waals surface area (Å²) in [6.07, 6.45) is 1.70. The summed E-state index contributed by atoms with van der Waals surface area (Å²) in [7, 11) is 0. The van der Waals surface area contributed by atoms with Crippen molar-refractivity contribution < 1.29 is 4.74 Å². The number of anilines is 1. The highest BCUT2D eigenvalue weighted by Gasteiger charge is 2.21. The number of ether oxygens (including phenoxy) is 1. The van der Waals surface area contributed by atoms with E-state index in [0.29, 0.717) is 5.88 Å². The molecule has 1 fully saturated rings. The first-order valence-electron chi connectivity index (χ1n) is 4.09. The predicted molar refractivity (Wildman–Crippen MR) is 52.6 cm³/mol. The third-order valence-corrected chi connectivity index (χ3v) is 3.00.